The zero-order valence-corrected chi connectivity index (χ0v) is 18.1. The Labute approximate surface area is 177 Å². The summed E-state index contributed by atoms with van der Waals surface area (Å²) in [6.07, 6.45) is 1.57. The molecule has 1 aliphatic heterocycles. The molecule has 2 heterocycles. The number of benzene rings is 1. The molecule has 3 rings (SSSR count). The topological polar surface area (TPSA) is 72.0 Å². The molecule has 0 saturated carbocycles. The molecule has 2 aromatic rings. The zero-order chi connectivity index (χ0) is 21.7. The maximum atomic E-state index is 12.6. The highest BCUT2D eigenvalue weighted by Gasteiger charge is 2.25. The van der Waals surface area contributed by atoms with Gasteiger partial charge in [-0.3, -0.25) is 4.90 Å². The highest BCUT2D eigenvalue weighted by molar-refractivity contribution is 5.96. The number of hydrogen-bond donors (Lipinski definition) is 0. The molecule has 0 unspecified atom stereocenters. The fourth-order valence-corrected chi connectivity index (χ4v) is 3.55. The minimum absolute atomic E-state index is 0.174. The number of piperazine rings is 1. The van der Waals surface area contributed by atoms with Gasteiger partial charge in [0, 0.05) is 38.9 Å². The molecule has 30 heavy (non-hydrogen) atoms. The molecule has 0 radical (unpaired) electrons. The van der Waals surface area contributed by atoms with E-state index >= 15 is 0 Å². The Morgan fingerprint density at radius 1 is 1.03 bits per heavy atom. The van der Waals surface area contributed by atoms with Crippen LogP contribution in [0.1, 0.15) is 45.7 Å². The van der Waals surface area contributed by atoms with Crippen molar-refractivity contribution in [2.24, 2.45) is 0 Å². The van der Waals surface area contributed by atoms with E-state index in [0.29, 0.717) is 16.9 Å². The molecule has 1 fully saturated rings. The molecule has 1 aromatic carbocycles. The summed E-state index contributed by atoms with van der Waals surface area (Å²) in [5.41, 5.74) is 3.13. The molecule has 7 nitrogen and oxygen atoms in total. The summed E-state index contributed by atoms with van der Waals surface area (Å²) in [7, 11) is 1.38. The van der Waals surface area contributed by atoms with E-state index < -0.39 is 0 Å². The van der Waals surface area contributed by atoms with Gasteiger partial charge in [0.2, 0.25) is 0 Å². The summed E-state index contributed by atoms with van der Waals surface area (Å²) in [6.45, 7) is 9.67. The van der Waals surface area contributed by atoms with Gasteiger partial charge < -0.3 is 14.4 Å². The Morgan fingerprint density at radius 3 is 2.30 bits per heavy atom. The Morgan fingerprint density at radius 2 is 1.70 bits per heavy atom. The SMILES string of the molecule is COC(=O)c1ccc(CN2CCN(c3nccc(C)c3C(=O)OC(C)C)CC2)cc1. The van der Waals surface area contributed by atoms with Gasteiger partial charge in [0.05, 0.1) is 18.8 Å². The number of rotatable bonds is 6. The van der Waals surface area contributed by atoms with E-state index in [1.165, 1.54) is 7.11 Å². The number of aromatic nitrogens is 1. The summed E-state index contributed by atoms with van der Waals surface area (Å²) in [5.74, 6) is 0.0501. The van der Waals surface area contributed by atoms with Crippen LogP contribution in [0.5, 0.6) is 0 Å². The standard InChI is InChI=1S/C23H29N3O4/c1-16(2)30-23(28)20-17(3)9-10-24-21(20)26-13-11-25(12-14-26)15-18-5-7-19(8-6-18)22(27)29-4/h5-10,16H,11-15H2,1-4H3. The van der Waals surface area contributed by atoms with Gasteiger partial charge >= 0.3 is 11.9 Å². The third kappa shape index (κ3) is 5.16. The van der Waals surface area contributed by atoms with Crippen LogP contribution in [0.2, 0.25) is 0 Å². The number of esters is 2. The van der Waals surface area contributed by atoms with Gasteiger partial charge in [-0.15, -0.1) is 0 Å². The first kappa shape index (κ1) is 21.8. The van der Waals surface area contributed by atoms with Crippen molar-refractivity contribution in [1.29, 1.82) is 0 Å². The second-order valence-corrected chi connectivity index (χ2v) is 7.73. The predicted octanol–water partition coefficient (Wildman–Crippen LogP) is 3.06. The third-order valence-corrected chi connectivity index (χ3v) is 5.14. The quantitative estimate of drug-likeness (QED) is 0.677. The smallest absolute Gasteiger partial charge is 0.342 e. The monoisotopic (exact) mass is 411 g/mol. The summed E-state index contributed by atoms with van der Waals surface area (Å²) in [5, 5.41) is 0. The minimum Gasteiger partial charge on any atom is -0.465 e. The summed E-state index contributed by atoms with van der Waals surface area (Å²) >= 11 is 0. The lowest BCUT2D eigenvalue weighted by atomic mass is 10.1. The molecule has 1 aromatic heterocycles. The lowest BCUT2D eigenvalue weighted by Gasteiger charge is -2.36. The first-order valence-corrected chi connectivity index (χ1v) is 10.2. The van der Waals surface area contributed by atoms with E-state index in [1.54, 1.807) is 18.3 Å². The van der Waals surface area contributed by atoms with Crippen LogP contribution >= 0.6 is 0 Å². The van der Waals surface area contributed by atoms with Crippen molar-refractivity contribution < 1.29 is 19.1 Å². The van der Waals surface area contributed by atoms with Crippen LogP contribution in [0.4, 0.5) is 5.82 Å². The number of pyridine rings is 1. The Kier molecular flexibility index (Phi) is 7.05. The molecular weight excluding hydrogens is 382 g/mol. The largest absolute Gasteiger partial charge is 0.465 e. The van der Waals surface area contributed by atoms with Crippen LogP contribution in [0.15, 0.2) is 36.5 Å². The van der Waals surface area contributed by atoms with E-state index in [4.69, 9.17) is 9.47 Å². The number of nitrogens with zero attached hydrogens (tertiary/aromatic N) is 3. The van der Waals surface area contributed by atoms with Crippen LogP contribution < -0.4 is 4.90 Å². The van der Waals surface area contributed by atoms with Gasteiger partial charge in [0.25, 0.3) is 0 Å². The number of methoxy groups -OCH3 is 1. The number of carbonyl (C=O) groups excluding carboxylic acids is 2. The lowest BCUT2D eigenvalue weighted by Crippen LogP contribution is -2.46. The molecule has 0 N–H and O–H groups in total. The van der Waals surface area contributed by atoms with Gasteiger partial charge in [-0.05, 0) is 50.1 Å². The zero-order valence-electron chi connectivity index (χ0n) is 18.1. The van der Waals surface area contributed by atoms with Crippen LogP contribution in [0.25, 0.3) is 0 Å². The summed E-state index contributed by atoms with van der Waals surface area (Å²) < 4.78 is 10.2. The van der Waals surface area contributed by atoms with Gasteiger partial charge in [0.15, 0.2) is 0 Å². The lowest BCUT2D eigenvalue weighted by molar-refractivity contribution is 0.0377. The van der Waals surface area contributed by atoms with Crippen molar-refractivity contribution in [3.63, 3.8) is 0 Å². The second kappa shape index (κ2) is 9.71. The summed E-state index contributed by atoms with van der Waals surface area (Å²) in [4.78, 5) is 33.2. The number of aryl methyl sites for hydroxylation is 1. The van der Waals surface area contributed by atoms with Crippen molar-refractivity contribution in [1.82, 2.24) is 9.88 Å². The average molecular weight is 412 g/mol. The van der Waals surface area contributed by atoms with Crippen LogP contribution in [0.3, 0.4) is 0 Å². The molecule has 1 aliphatic rings. The van der Waals surface area contributed by atoms with Crippen LogP contribution in [-0.2, 0) is 16.0 Å². The average Bonchev–Trinajstić information content (AvgIpc) is 2.73. The molecule has 7 heteroatoms. The van der Waals surface area contributed by atoms with E-state index in [0.717, 1.165) is 43.9 Å². The van der Waals surface area contributed by atoms with Gasteiger partial charge in [-0.2, -0.15) is 0 Å². The number of hydrogen-bond acceptors (Lipinski definition) is 7. The normalized spacial score (nSPS) is 14.6. The first-order valence-electron chi connectivity index (χ1n) is 10.2. The number of anilines is 1. The van der Waals surface area contributed by atoms with Gasteiger partial charge in [-0.25, -0.2) is 14.6 Å². The molecule has 0 amide bonds. The van der Waals surface area contributed by atoms with Crippen molar-refractivity contribution in [2.75, 3.05) is 38.2 Å². The third-order valence-electron chi connectivity index (χ3n) is 5.14. The molecule has 1 saturated heterocycles. The van der Waals surface area contributed by atoms with E-state index in [9.17, 15) is 9.59 Å². The van der Waals surface area contributed by atoms with Crippen molar-refractivity contribution in [3.8, 4) is 0 Å². The van der Waals surface area contributed by atoms with Crippen molar-refractivity contribution >= 4 is 17.8 Å². The van der Waals surface area contributed by atoms with Crippen molar-refractivity contribution in [3.05, 3.63) is 58.8 Å². The Hall–Kier alpha value is -2.93. The summed E-state index contributed by atoms with van der Waals surface area (Å²) in [6, 6.07) is 9.34. The van der Waals surface area contributed by atoms with E-state index in [2.05, 4.69) is 14.8 Å². The highest BCUT2D eigenvalue weighted by Crippen LogP contribution is 2.24. The van der Waals surface area contributed by atoms with Crippen LogP contribution in [0, 0.1) is 6.92 Å². The van der Waals surface area contributed by atoms with Gasteiger partial charge in [0.1, 0.15) is 11.4 Å². The molecule has 0 aliphatic carbocycles. The van der Waals surface area contributed by atoms with Crippen LogP contribution in [-0.4, -0.2) is 61.2 Å². The molecule has 0 spiro atoms. The molecule has 160 valence electrons. The number of ether oxygens (including phenoxy) is 2. The molecular formula is C23H29N3O4. The van der Waals surface area contributed by atoms with Gasteiger partial charge in [-0.1, -0.05) is 12.1 Å². The minimum atomic E-state index is -0.326. The maximum absolute atomic E-state index is 12.6. The molecule has 0 atom stereocenters. The second-order valence-electron chi connectivity index (χ2n) is 7.73. The highest BCUT2D eigenvalue weighted by atomic mass is 16.5. The molecule has 0 bridgehead atoms. The first-order chi connectivity index (χ1) is 14.4. The maximum Gasteiger partial charge on any atom is 0.342 e. The predicted molar refractivity (Wildman–Crippen MR) is 115 cm³/mol. The van der Waals surface area contributed by atoms with Crippen molar-refractivity contribution in [2.45, 2.75) is 33.4 Å². The fourth-order valence-electron chi connectivity index (χ4n) is 3.55. The number of carbonyl (C=O) groups is 2. The Bertz CT molecular complexity index is 888. The van der Waals surface area contributed by atoms with E-state index in [-0.39, 0.29) is 18.0 Å². The fraction of sp³-hybridized carbons (Fsp3) is 0.435. The Balaban J connectivity index is 1.64. The van der Waals surface area contributed by atoms with E-state index in [1.807, 2.05) is 39.0 Å².